The molecule has 5 heteroatoms. The van der Waals surface area contributed by atoms with Gasteiger partial charge in [-0.3, -0.25) is 0 Å². The number of phenolic OH excluding ortho intramolecular Hbond substituents is 1. The Morgan fingerprint density at radius 1 is 1.17 bits per heavy atom. The molecule has 3 rings (SSSR count). The fraction of sp³-hybridized carbons (Fsp3) is 0. The van der Waals surface area contributed by atoms with Gasteiger partial charge in [0.05, 0.1) is 6.21 Å². The van der Waals surface area contributed by atoms with Gasteiger partial charge in [0, 0.05) is 5.56 Å². The van der Waals surface area contributed by atoms with Crippen LogP contribution in [0.1, 0.15) is 5.56 Å². The summed E-state index contributed by atoms with van der Waals surface area (Å²) in [4.78, 5) is 5.13. The molecule has 1 heterocycles. The number of nitrogens with zero attached hydrogens (tertiary/aromatic N) is 4. The van der Waals surface area contributed by atoms with Crippen molar-refractivity contribution in [1.29, 1.82) is 0 Å². The zero-order valence-electron chi connectivity index (χ0n) is 9.43. The van der Waals surface area contributed by atoms with Crippen LogP contribution in [0.25, 0.3) is 10.8 Å². The maximum absolute atomic E-state index is 9.90. The van der Waals surface area contributed by atoms with E-state index in [0.717, 1.165) is 10.8 Å². The third-order valence-corrected chi connectivity index (χ3v) is 2.66. The van der Waals surface area contributed by atoms with Crippen molar-refractivity contribution in [3.05, 3.63) is 54.6 Å². The van der Waals surface area contributed by atoms with Crippen molar-refractivity contribution in [2.75, 3.05) is 0 Å². The molecule has 0 fully saturated rings. The maximum Gasteiger partial charge on any atom is 0.139 e. The van der Waals surface area contributed by atoms with Crippen molar-refractivity contribution in [2.45, 2.75) is 0 Å². The summed E-state index contributed by atoms with van der Waals surface area (Å²) in [6, 6.07) is 11.3. The van der Waals surface area contributed by atoms with Gasteiger partial charge >= 0.3 is 0 Å². The molecule has 0 saturated carbocycles. The lowest BCUT2D eigenvalue weighted by atomic mass is 10.0. The smallest absolute Gasteiger partial charge is 0.139 e. The minimum atomic E-state index is 0.192. The molecule has 0 aliphatic heterocycles. The molecule has 0 aliphatic rings. The van der Waals surface area contributed by atoms with Gasteiger partial charge in [-0.2, -0.15) is 5.10 Å². The molecule has 18 heavy (non-hydrogen) atoms. The average molecular weight is 238 g/mol. The van der Waals surface area contributed by atoms with Gasteiger partial charge in [0.1, 0.15) is 18.4 Å². The van der Waals surface area contributed by atoms with Crippen molar-refractivity contribution in [1.82, 2.24) is 14.9 Å². The van der Waals surface area contributed by atoms with Crippen molar-refractivity contribution in [3.63, 3.8) is 0 Å². The average Bonchev–Trinajstić information content (AvgIpc) is 2.91. The molecular formula is C13H10N4O. The Balaban J connectivity index is 2.13. The van der Waals surface area contributed by atoms with Crippen LogP contribution in [-0.4, -0.2) is 26.2 Å². The minimum Gasteiger partial charge on any atom is -0.507 e. The van der Waals surface area contributed by atoms with Crippen LogP contribution in [0, 0.1) is 0 Å². The predicted octanol–water partition coefficient (Wildman–Crippen LogP) is 2.02. The van der Waals surface area contributed by atoms with E-state index in [0.29, 0.717) is 5.56 Å². The monoisotopic (exact) mass is 238 g/mol. The second kappa shape index (κ2) is 4.29. The molecule has 0 saturated heterocycles. The van der Waals surface area contributed by atoms with E-state index >= 15 is 0 Å². The first-order valence-electron chi connectivity index (χ1n) is 5.44. The van der Waals surface area contributed by atoms with Crippen LogP contribution >= 0.6 is 0 Å². The lowest BCUT2D eigenvalue weighted by Gasteiger charge is -2.04. The van der Waals surface area contributed by atoms with Crippen LogP contribution in [0.5, 0.6) is 5.75 Å². The summed E-state index contributed by atoms with van der Waals surface area (Å²) in [6.45, 7) is 0. The zero-order valence-corrected chi connectivity index (χ0v) is 9.43. The van der Waals surface area contributed by atoms with Gasteiger partial charge in [-0.25, -0.2) is 4.98 Å². The third-order valence-electron chi connectivity index (χ3n) is 2.66. The van der Waals surface area contributed by atoms with Crippen molar-refractivity contribution in [3.8, 4) is 5.75 Å². The molecule has 1 N–H and O–H groups in total. The second-order valence-electron chi connectivity index (χ2n) is 3.78. The lowest BCUT2D eigenvalue weighted by molar-refractivity contribution is 0.475. The molecule has 3 aromatic rings. The van der Waals surface area contributed by atoms with Crippen LogP contribution in [0.15, 0.2) is 54.2 Å². The van der Waals surface area contributed by atoms with E-state index in [1.807, 2.05) is 30.3 Å². The highest BCUT2D eigenvalue weighted by Gasteiger charge is 2.04. The number of benzene rings is 2. The Morgan fingerprint density at radius 3 is 2.89 bits per heavy atom. The molecule has 0 amide bonds. The number of hydrogen-bond donors (Lipinski definition) is 1. The number of fused-ring (bicyclic) bond motifs is 1. The third kappa shape index (κ3) is 1.82. The number of aromatic nitrogens is 3. The number of hydrogen-bond acceptors (Lipinski definition) is 4. The van der Waals surface area contributed by atoms with E-state index < -0.39 is 0 Å². The molecule has 1 aromatic heterocycles. The van der Waals surface area contributed by atoms with Crippen molar-refractivity contribution < 1.29 is 5.11 Å². The van der Waals surface area contributed by atoms with Crippen LogP contribution in [0.4, 0.5) is 0 Å². The van der Waals surface area contributed by atoms with E-state index in [-0.39, 0.29) is 5.75 Å². The summed E-state index contributed by atoms with van der Waals surface area (Å²) in [5.74, 6) is 0.192. The number of rotatable bonds is 2. The summed E-state index contributed by atoms with van der Waals surface area (Å²) in [5.41, 5.74) is 0.670. The van der Waals surface area contributed by atoms with Crippen LogP contribution < -0.4 is 0 Å². The normalized spacial score (nSPS) is 11.3. The molecule has 0 bridgehead atoms. The molecule has 0 atom stereocenters. The summed E-state index contributed by atoms with van der Waals surface area (Å²) >= 11 is 0. The SMILES string of the molecule is Oc1ccc2ccccc2c1C=Nn1cncn1. The molecule has 5 nitrogen and oxygen atoms in total. The van der Waals surface area contributed by atoms with E-state index in [4.69, 9.17) is 0 Å². The Labute approximate surface area is 103 Å². The summed E-state index contributed by atoms with van der Waals surface area (Å²) < 4.78 is 0. The van der Waals surface area contributed by atoms with Crippen LogP contribution in [0.2, 0.25) is 0 Å². The van der Waals surface area contributed by atoms with Gasteiger partial charge in [0.2, 0.25) is 0 Å². The summed E-state index contributed by atoms with van der Waals surface area (Å²) in [7, 11) is 0. The van der Waals surface area contributed by atoms with Gasteiger partial charge in [-0.05, 0) is 16.8 Å². The van der Waals surface area contributed by atoms with Crippen LogP contribution in [0.3, 0.4) is 0 Å². The Hall–Kier alpha value is -2.69. The standard InChI is InChI=1S/C13H10N4O/c18-13-6-5-10-3-1-2-4-11(10)12(13)7-15-17-9-14-8-16-17/h1-9,18H. The van der Waals surface area contributed by atoms with Crippen LogP contribution in [-0.2, 0) is 0 Å². The second-order valence-corrected chi connectivity index (χ2v) is 3.78. The van der Waals surface area contributed by atoms with E-state index in [2.05, 4.69) is 15.2 Å². The molecule has 2 aromatic carbocycles. The summed E-state index contributed by atoms with van der Waals surface area (Å²) in [5, 5.41) is 19.9. The maximum atomic E-state index is 9.90. The Kier molecular flexibility index (Phi) is 2.49. The predicted molar refractivity (Wildman–Crippen MR) is 68.6 cm³/mol. The Morgan fingerprint density at radius 2 is 2.06 bits per heavy atom. The molecule has 0 radical (unpaired) electrons. The first kappa shape index (κ1) is 10.5. The largest absolute Gasteiger partial charge is 0.507 e. The lowest BCUT2D eigenvalue weighted by Crippen LogP contribution is -1.92. The highest BCUT2D eigenvalue weighted by Crippen LogP contribution is 2.25. The first-order valence-corrected chi connectivity index (χ1v) is 5.44. The van der Waals surface area contributed by atoms with E-state index in [9.17, 15) is 5.11 Å². The van der Waals surface area contributed by atoms with Gasteiger partial charge < -0.3 is 5.11 Å². The highest BCUT2D eigenvalue weighted by molar-refractivity contribution is 6.02. The topological polar surface area (TPSA) is 63.3 Å². The number of phenols is 1. The quantitative estimate of drug-likeness (QED) is 0.695. The van der Waals surface area contributed by atoms with Crippen molar-refractivity contribution in [2.24, 2.45) is 5.10 Å². The number of aromatic hydroxyl groups is 1. The van der Waals surface area contributed by atoms with E-state index in [1.54, 1.807) is 12.3 Å². The first-order chi connectivity index (χ1) is 8.84. The van der Waals surface area contributed by atoms with Gasteiger partial charge in [-0.1, -0.05) is 30.3 Å². The zero-order chi connectivity index (χ0) is 12.4. The Bertz CT molecular complexity index is 704. The van der Waals surface area contributed by atoms with Crippen molar-refractivity contribution >= 4 is 17.0 Å². The van der Waals surface area contributed by atoms with E-state index in [1.165, 1.54) is 17.4 Å². The fourth-order valence-electron chi connectivity index (χ4n) is 1.80. The van der Waals surface area contributed by atoms with Gasteiger partial charge in [0.25, 0.3) is 0 Å². The van der Waals surface area contributed by atoms with Gasteiger partial charge in [0.15, 0.2) is 0 Å². The van der Waals surface area contributed by atoms with Gasteiger partial charge in [-0.15, -0.1) is 9.89 Å². The summed E-state index contributed by atoms with van der Waals surface area (Å²) in [6.07, 6.45) is 4.46. The molecule has 0 spiro atoms. The molecule has 88 valence electrons. The molecule has 0 unspecified atom stereocenters. The highest BCUT2D eigenvalue weighted by atomic mass is 16.3. The minimum absolute atomic E-state index is 0.192. The molecular weight excluding hydrogens is 228 g/mol. The molecule has 0 aliphatic carbocycles. The fourth-order valence-corrected chi connectivity index (χ4v) is 1.80.